The fraction of sp³-hybridized carbons (Fsp3) is 0.219. The van der Waals surface area contributed by atoms with Gasteiger partial charge in [0.2, 0.25) is 12.4 Å². The van der Waals surface area contributed by atoms with Gasteiger partial charge in [0.15, 0.2) is 0 Å². The lowest BCUT2D eigenvalue weighted by Crippen LogP contribution is -2.43. The number of pyridine rings is 1. The van der Waals surface area contributed by atoms with Crippen LogP contribution in [0, 0.1) is 0 Å². The van der Waals surface area contributed by atoms with Crippen molar-refractivity contribution >= 4 is 11.0 Å². The first-order valence-electron chi connectivity index (χ1n) is 13.1. The third kappa shape index (κ3) is 4.71. The number of fused-ring (bicyclic) bond motifs is 1. The topological polar surface area (TPSA) is 74.1 Å². The molecule has 6 rings (SSSR count). The quantitative estimate of drug-likeness (QED) is 0.292. The molecule has 1 aliphatic carbocycles. The Bertz CT molecular complexity index is 1550. The van der Waals surface area contributed by atoms with E-state index in [4.69, 9.17) is 25.3 Å². The van der Waals surface area contributed by atoms with Gasteiger partial charge in [-0.1, -0.05) is 60.7 Å². The molecule has 3 aromatic carbocycles. The second-order valence-electron chi connectivity index (χ2n) is 9.85. The molecule has 0 aliphatic heterocycles. The van der Waals surface area contributed by atoms with E-state index in [1.165, 1.54) is 17.5 Å². The van der Waals surface area contributed by atoms with Crippen LogP contribution in [-0.4, -0.2) is 23.7 Å². The normalized spacial score (nSPS) is 14.2. The second kappa shape index (κ2) is 10.2. The summed E-state index contributed by atoms with van der Waals surface area (Å²) >= 11 is 0. The Morgan fingerprint density at radius 2 is 1.53 bits per heavy atom. The van der Waals surface area contributed by atoms with Gasteiger partial charge in [0.1, 0.15) is 18.4 Å². The highest BCUT2D eigenvalue weighted by Crippen LogP contribution is 2.40. The van der Waals surface area contributed by atoms with Gasteiger partial charge in [0, 0.05) is 39.9 Å². The number of benzene rings is 3. The average molecular weight is 504 g/mol. The summed E-state index contributed by atoms with van der Waals surface area (Å²) in [4.78, 5) is 15.4. The molecule has 1 fully saturated rings. The average Bonchev–Trinajstić information content (AvgIpc) is 2.96. The van der Waals surface area contributed by atoms with Crippen molar-refractivity contribution in [2.45, 2.75) is 31.2 Å². The fourth-order valence-corrected chi connectivity index (χ4v) is 4.98. The van der Waals surface area contributed by atoms with Crippen LogP contribution in [0.2, 0.25) is 0 Å². The van der Waals surface area contributed by atoms with Crippen LogP contribution in [0.5, 0.6) is 5.75 Å². The van der Waals surface area contributed by atoms with Gasteiger partial charge in [-0.05, 0) is 42.5 Å². The number of para-hydroxylation sites is 1. The third-order valence-electron chi connectivity index (χ3n) is 7.41. The number of ether oxygens (including phenoxy) is 1. The van der Waals surface area contributed by atoms with Gasteiger partial charge < -0.3 is 10.5 Å². The maximum atomic E-state index is 6.57. The van der Waals surface area contributed by atoms with Crippen molar-refractivity contribution in [2.75, 3.05) is 13.7 Å². The summed E-state index contributed by atoms with van der Waals surface area (Å²) in [5.74, 6) is 0.729. The standard InChI is InChI=1S/C32H31N4O2/c1-37-36-20-15-23(16-21-36)17-22-38-28-10-5-9-27-31(28)35-30(24-7-3-2-4-8-24)29(34-27)25-11-13-26(14-12-25)32(33)18-6-19-32/h2-5,7-16,20-21H,6,17-19,22,33H2,1H3/q+1. The molecule has 0 amide bonds. The Hall–Kier alpha value is -4.29. The molecule has 0 bridgehead atoms. The minimum atomic E-state index is -0.188. The summed E-state index contributed by atoms with van der Waals surface area (Å²) in [5, 5.41) is 0. The highest BCUT2D eigenvalue weighted by molar-refractivity contribution is 5.89. The number of nitrogens with two attached hydrogens (primary N) is 1. The van der Waals surface area contributed by atoms with Gasteiger partial charge in [-0.25, -0.2) is 9.97 Å². The van der Waals surface area contributed by atoms with Crippen LogP contribution in [0.25, 0.3) is 33.5 Å². The Kier molecular flexibility index (Phi) is 6.48. The molecule has 2 N–H and O–H groups in total. The molecule has 0 unspecified atom stereocenters. The summed E-state index contributed by atoms with van der Waals surface area (Å²) < 4.78 is 7.89. The molecule has 0 radical (unpaired) electrons. The molecule has 1 saturated carbocycles. The first-order chi connectivity index (χ1) is 18.6. The van der Waals surface area contributed by atoms with Gasteiger partial charge in [0.25, 0.3) is 0 Å². The van der Waals surface area contributed by atoms with Crippen LogP contribution >= 0.6 is 0 Å². The maximum absolute atomic E-state index is 6.57. The number of hydrogen-bond acceptors (Lipinski definition) is 5. The van der Waals surface area contributed by atoms with Gasteiger partial charge in [-0.15, -0.1) is 0 Å². The molecule has 5 aromatic rings. The Morgan fingerprint density at radius 3 is 2.21 bits per heavy atom. The van der Waals surface area contributed by atoms with Gasteiger partial charge in [-0.3, -0.25) is 4.84 Å². The van der Waals surface area contributed by atoms with Crippen LogP contribution < -0.4 is 20.0 Å². The molecule has 0 spiro atoms. The first kappa shape index (κ1) is 24.1. The van der Waals surface area contributed by atoms with E-state index in [0.29, 0.717) is 6.61 Å². The van der Waals surface area contributed by atoms with E-state index in [1.54, 1.807) is 11.8 Å². The molecular formula is C32H31N4O2+. The van der Waals surface area contributed by atoms with Gasteiger partial charge in [0.05, 0.1) is 23.5 Å². The summed E-state index contributed by atoms with van der Waals surface area (Å²) in [6.07, 6.45) is 7.81. The minimum absolute atomic E-state index is 0.188. The minimum Gasteiger partial charge on any atom is -0.491 e. The molecular weight excluding hydrogens is 472 g/mol. The molecule has 6 heteroatoms. The molecule has 190 valence electrons. The van der Waals surface area contributed by atoms with Crippen molar-refractivity contribution in [3.8, 4) is 28.3 Å². The predicted molar refractivity (Wildman–Crippen MR) is 148 cm³/mol. The first-order valence-corrected chi connectivity index (χ1v) is 13.1. The fourth-order valence-electron chi connectivity index (χ4n) is 4.98. The lowest BCUT2D eigenvalue weighted by atomic mass is 9.72. The Morgan fingerprint density at radius 1 is 0.816 bits per heavy atom. The number of rotatable bonds is 8. The van der Waals surface area contributed by atoms with Crippen molar-refractivity contribution in [1.82, 2.24) is 9.97 Å². The summed E-state index contributed by atoms with van der Waals surface area (Å²) in [5.41, 5.74) is 14.0. The van der Waals surface area contributed by atoms with Crippen LogP contribution in [0.15, 0.2) is 97.3 Å². The van der Waals surface area contributed by atoms with E-state index in [-0.39, 0.29) is 5.54 Å². The van der Waals surface area contributed by atoms with Gasteiger partial charge >= 0.3 is 0 Å². The monoisotopic (exact) mass is 503 g/mol. The van der Waals surface area contributed by atoms with Crippen LogP contribution in [0.3, 0.4) is 0 Å². The lowest BCUT2D eigenvalue weighted by Gasteiger charge is -2.38. The number of hydrogen-bond donors (Lipinski definition) is 1. The summed E-state index contributed by atoms with van der Waals surface area (Å²) in [6.45, 7) is 0.530. The smallest absolute Gasteiger partial charge is 0.222 e. The van der Waals surface area contributed by atoms with E-state index in [0.717, 1.165) is 58.6 Å². The Labute approximate surface area is 222 Å². The van der Waals surface area contributed by atoms with Crippen molar-refractivity contribution < 1.29 is 14.3 Å². The highest BCUT2D eigenvalue weighted by Gasteiger charge is 2.34. The van der Waals surface area contributed by atoms with Crippen molar-refractivity contribution in [1.29, 1.82) is 0 Å². The second-order valence-corrected chi connectivity index (χ2v) is 9.85. The molecule has 6 nitrogen and oxygen atoms in total. The third-order valence-corrected chi connectivity index (χ3v) is 7.41. The lowest BCUT2D eigenvalue weighted by molar-refractivity contribution is -0.885. The molecule has 0 atom stereocenters. The number of nitrogens with zero attached hydrogens (tertiary/aromatic N) is 3. The zero-order valence-corrected chi connectivity index (χ0v) is 21.5. The van der Waals surface area contributed by atoms with E-state index < -0.39 is 0 Å². The SMILES string of the molecule is CO[n+]1ccc(CCOc2cccc3nc(-c4ccc(C5(N)CCC5)cc4)c(-c4ccccc4)nc23)cc1. The molecule has 0 saturated heterocycles. The maximum Gasteiger partial charge on any atom is 0.222 e. The van der Waals surface area contributed by atoms with Gasteiger partial charge in [-0.2, -0.15) is 0 Å². The largest absolute Gasteiger partial charge is 0.491 e. The van der Waals surface area contributed by atoms with E-state index in [9.17, 15) is 0 Å². The highest BCUT2D eigenvalue weighted by atomic mass is 16.6. The summed E-state index contributed by atoms with van der Waals surface area (Å²) in [7, 11) is 1.64. The van der Waals surface area contributed by atoms with Crippen molar-refractivity contribution in [3.05, 3.63) is 108 Å². The van der Waals surface area contributed by atoms with Crippen LogP contribution in [-0.2, 0) is 12.0 Å². The Balaban J connectivity index is 1.34. The van der Waals surface area contributed by atoms with Crippen LogP contribution in [0.1, 0.15) is 30.4 Å². The zero-order chi connectivity index (χ0) is 26.0. The van der Waals surface area contributed by atoms with E-state index >= 15 is 0 Å². The van der Waals surface area contributed by atoms with Crippen LogP contribution in [0.4, 0.5) is 0 Å². The molecule has 2 aromatic heterocycles. The molecule has 2 heterocycles. The van der Waals surface area contributed by atoms with E-state index in [2.05, 4.69) is 36.4 Å². The molecule has 38 heavy (non-hydrogen) atoms. The molecule has 1 aliphatic rings. The van der Waals surface area contributed by atoms with E-state index in [1.807, 2.05) is 60.9 Å². The number of aromatic nitrogens is 3. The zero-order valence-electron chi connectivity index (χ0n) is 21.5. The summed E-state index contributed by atoms with van der Waals surface area (Å²) in [6, 6.07) is 28.7. The van der Waals surface area contributed by atoms with Crippen molar-refractivity contribution in [2.24, 2.45) is 5.73 Å². The predicted octanol–water partition coefficient (Wildman–Crippen LogP) is 5.27. The van der Waals surface area contributed by atoms with Crippen molar-refractivity contribution in [3.63, 3.8) is 0 Å².